The van der Waals surface area contributed by atoms with Gasteiger partial charge in [0.15, 0.2) is 0 Å². The van der Waals surface area contributed by atoms with Crippen LogP contribution >= 0.6 is 0 Å². The number of rotatable bonds is 5. The summed E-state index contributed by atoms with van der Waals surface area (Å²) in [5, 5.41) is 0. The predicted octanol–water partition coefficient (Wildman–Crippen LogP) is 3.19. The summed E-state index contributed by atoms with van der Waals surface area (Å²) in [6.07, 6.45) is 8.23. The van der Waals surface area contributed by atoms with E-state index in [1.54, 1.807) is 0 Å². The molecule has 0 saturated carbocycles. The van der Waals surface area contributed by atoms with Crippen LogP contribution in [0.2, 0.25) is 0 Å². The van der Waals surface area contributed by atoms with Gasteiger partial charge < -0.3 is 0 Å². The van der Waals surface area contributed by atoms with Crippen molar-refractivity contribution in [3.05, 3.63) is 12.7 Å². The van der Waals surface area contributed by atoms with E-state index in [2.05, 4.69) is 26.5 Å². The monoisotopic (exact) mass is 125 g/mol. The molecular formula is C9H17. The minimum Gasteiger partial charge on any atom is -0.0953 e. The molecule has 0 rings (SSSR count). The van der Waals surface area contributed by atoms with E-state index in [0.717, 1.165) is 0 Å². The Morgan fingerprint density at radius 3 is 2.56 bits per heavy atom. The molecule has 0 aliphatic carbocycles. The van der Waals surface area contributed by atoms with Gasteiger partial charge in [-0.1, -0.05) is 39.7 Å². The molecule has 53 valence electrons. The topological polar surface area (TPSA) is 0 Å². The van der Waals surface area contributed by atoms with Gasteiger partial charge in [-0.15, -0.1) is 0 Å². The maximum Gasteiger partial charge on any atom is -0.0194 e. The summed E-state index contributed by atoms with van der Waals surface area (Å²) < 4.78 is 0. The van der Waals surface area contributed by atoms with Gasteiger partial charge in [0.1, 0.15) is 0 Å². The molecule has 0 heteroatoms. The third kappa shape index (κ3) is 5.61. The van der Waals surface area contributed by atoms with Crippen molar-refractivity contribution >= 4 is 0 Å². The first-order valence-electron chi connectivity index (χ1n) is 3.83. The maximum atomic E-state index is 3.61. The SMILES string of the molecule is C=[C]C(C)CCCCC. The maximum absolute atomic E-state index is 3.61. The Kier molecular flexibility index (Phi) is 5.70. The second kappa shape index (κ2) is 5.87. The van der Waals surface area contributed by atoms with Gasteiger partial charge in [0, 0.05) is 0 Å². The largest absolute Gasteiger partial charge is 0.0953 e. The first kappa shape index (κ1) is 8.74. The lowest BCUT2D eigenvalue weighted by molar-refractivity contribution is 0.567. The zero-order valence-electron chi connectivity index (χ0n) is 6.61. The highest BCUT2D eigenvalue weighted by Gasteiger charge is 1.93. The van der Waals surface area contributed by atoms with Crippen molar-refractivity contribution in [2.24, 2.45) is 5.92 Å². The van der Waals surface area contributed by atoms with Crippen LogP contribution in [-0.4, -0.2) is 0 Å². The van der Waals surface area contributed by atoms with Gasteiger partial charge in [-0.2, -0.15) is 0 Å². The lowest BCUT2D eigenvalue weighted by Gasteiger charge is -2.01. The van der Waals surface area contributed by atoms with E-state index in [1.807, 2.05) is 0 Å². The van der Waals surface area contributed by atoms with Gasteiger partial charge in [0.25, 0.3) is 0 Å². The van der Waals surface area contributed by atoms with Crippen molar-refractivity contribution in [3.63, 3.8) is 0 Å². The molecule has 0 nitrogen and oxygen atoms in total. The second-order valence-electron chi connectivity index (χ2n) is 2.60. The van der Waals surface area contributed by atoms with Gasteiger partial charge in [-0.25, -0.2) is 0 Å². The molecule has 0 N–H and O–H groups in total. The van der Waals surface area contributed by atoms with Gasteiger partial charge in [-0.05, 0) is 18.4 Å². The number of allylic oxidation sites excluding steroid dienone is 1. The summed E-state index contributed by atoms with van der Waals surface area (Å²) in [5.74, 6) is 0.594. The van der Waals surface area contributed by atoms with Crippen molar-refractivity contribution in [1.82, 2.24) is 0 Å². The lowest BCUT2D eigenvalue weighted by atomic mass is 10.0. The average Bonchev–Trinajstić information content (AvgIpc) is 1.89. The Morgan fingerprint density at radius 2 is 2.11 bits per heavy atom. The Balaban J connectivity index is 2.96. The summed E-state index contributed by atoms with van der Waals surface area (Å²) in [5.41, 5.74) is 0. The molecule has 0 amide bonds. The quantitative estimate of drug-likeness (QED) is 0.495. The molecule has 0 bridgehead atoms. The lowest BCUT2D eigenvalue weighted by Crippen LogP contribution is -1.88. The average molecular weight is 125 g/mol. The normalized spacial score (nSPS) is 13.1. The molecule has 0 aliphatic rings. The highest BCUT2D eigenvalue weighted by Crippen LogP contribution is 2.08. The third-order valence-corrected chi connectivity index (χ3v) is 1.59. The molecule has 0 aromatic rings. The standard InChI is InChI=1S/C9H17/c1-4-6-7-8-9(3)5-2/h9H,2,4,6-8H2,1,3H3. The summed E-state index contributed by atoms with van der Waals surface area (Å²) in [4.78, 5) is 0. The smallest absolute Gasteiger partial charge is 0.0194 e. The van der Waals surface area contributed by atoms with E-state index in [1.165, 1.54) is 25.7 Å². The first-order chi connectivity index (χ1) is 4.31. The zero-order valence-corrected chi connectivity index (χ0v) is 6.61. The fraction of sp³-hybridized carbons (Fsp3) is 0.778. The zero-order chi connectivity index (χ0) is 7.11. The Morgan fingerprint density at radius 1 is 1.44 bits per heavy atom. The number of hydrogen-bond donors (Lipinski definition) is 0. The molecule has 1 unspecified atom stereocenters. The van der Waals surface area contributed by atoms with Crippen LogP contribution < -0.4 is 0 Å². The number of hydrogen-bond acceptors (Lipinski definition) is 0. The molecule has 0 aromatic heterocycles. The van der Waals surface area contributed by atoms with E-state index in [0.29, 0.717) is 5.92 Å². The second-order valence-corrected chi connectivity index (χ2v) is 2.60. The summed E-state index contributed by atoms with van der Waals surface area (Å²) in [6.45, 7) is 8.01. The van der Waals surface area contributed by atoms with E-state index in [-0.39, 0.29) is 0 Å². The summed E-state index contributed by atoms with van der Waals surface area (Å²) >= 11 is 0. The van der Waals surface area contributed by atoms with Crippen LogP contribution in [0.4, 0.5) is 0 Å². The highest BCUT2D eigenvalue weighted by molar-refractivity contribution is 4.64. The molecule has 0 aromatic carbocycles. The molecule has 0 saturated heterocycles. The fourth-order valence-corrected chi connectivity index (χ4v) is 0.803. The predicted molar refractivity (Wildman–Crippen MR) is 42.2 cm³/mol. The van der Waals surface area contributed by atoms with E-state index < -0.39 is 0 Å². The summed E-state index contributed by atoms with van der Waals surface area (Å²) in [6, 6.07) is 0. The van der Waals surface area contributed by atoms with E-state index in [4.69, 9.17) is 0 Å². The minimum atomic E-state index is 0.594. The first-order valence-corrected chi connectivity index (χ1v) is 3.83. The molecule has 0 fully saturated rings. The van der Waals surface area contributed by atoms with Gasteiger partial charge in [0.05, 0.1) is 0 Å². The van der Waals surface area contributed by atoms with Crippen LogP contribution in [0, 0.1) is 12.0 Å². The molecule has 9 heavy (non-hydrogen) atoms. The Labute approximate surface area is 59.0 Å². The van der Waals surface area contributed by atoms with Gasteiger partial charge in [-0.3, -0.25) is 0 Å². The van der Waals surface area contributed by atoms with Crippen LogP contribution in [0.5, 0.6) is 0 Å². The van der Waals surface area contributed by atoms with E-state index in [9.17, 15) is 0 Å². The van der Waals surface area contributed by atoms with Crippen LogP contribution in [0.25, 0.3) is 0 Å². The summed E-state index contributed by atoms with van der Waals surface area (Å²) in [7, 11) is 0. The fourth-order valence-electron chi connectivity index (χ4n) is 0.803. The molecule has 0 aliphatic heterocycles. The third-order valence-electron chi connectivity index (χ3n) is 1.59. The van der Waals surface area contributed by atoms with Crippen LogP contribution in [0.15, 0.2) is 6.58 Å². The van der Waals surface area contributed by atoms with Crippen molar-refractivity contribution in [1.29, 1.82) is 0 Å². The van der Waals surface area contributed by atoms with E-state index >= 15 is 0 Å². The Hall–Kier alpha value is -0.260. The van der Waals surface area contributed by atoms with Crippen molar-refractivity contribution in [2.75, 3.05) is 0 Å². The van der Waals surface area contributed by atoms with Crippen molar-refractivity contribution < 1.29 is 0 Å². The minimum absolute atomic E-state index is 0.594. The van der Waals surface area contributed by atoms with Crippen molar-refractivity contribution in [3.8, 4) is 0 Å². The molecule has 0 heterocycles. The van der Waals surface area contributed by atoms with Crippen LogP contribution in [-0.2, 0) is 0 Å². The van der Waals surface area contributed by atoms with Gasteiger partial charge >= 0.3 is 0 Å². The molecule has 1 atom stereocenters. The van der Waals surface area contributed by atoms with Crippen LogP contribution in [0.3, 0.4) is 0 Å². The molecule has 0 spiro atoms. The van der Waals surface area contributed by atoms with Gasteiger partial charge in [0.2, 0.25) is 0 Å². The van der Waals surface area contributed by atoms with Crippen LogP contribution in [0.1, 0.15) is 39.5 Å². The molecule has 1 radical (unpaired) electrons. The van der Waals surface area contributed by atoms with Crippen molar-refractivity contribution in [2.45, 2.75) is 39.5 Å². The number of unbranched alkanes of at least 4 members (excludes halogenated alkanes) is 2. The Bertz CT molecular complexity index is 64.4. The molecular weight excluding hydrogens is 108 g/mol. The highest BCUT2D eigenvalue weighted by atomic mass is 14.0.